The number of hydrogen-bond donors (Lipinski definition) is 0. The highest BCUT2D eigenvalue weighted by molar-refractivity contribution is 7.71. The van der Waals surface area contributed by atoms with E-state index in [1.807, 2.05) is 47.2 Å². The van der Waals surface area contributed by atoms with E-state index in [2.05, 4.69) is 6.92 Å². The van der Waals surface area contributed by atoms with E-state index in [9.17, 15) is 0 Å². The lowest BCUT2D eigenvalue weighted by molar-refractivity contribution is 0.414. The van der Waals surface area contributed by atoms with Crippen LogP contribution in [0.15, 0.2) is 42.6 Å². The summed E-state index contributed by atoms with van der Waals surface area (Å²) in [5.74, 6) is 0.850. The Labute approximate surface area is 100 Å². The van der Waals surface area contributed by atoms with Gasteiger partial charge in [0, 0.05) is 11.9 Å². The molecular weight excluding hydrogens is 218 g/mol. The molecule has 0 bridgehead atoms. The second kappa shape index (κ2) is 4.49. The molecular formula is C13H13NOS. The molecule has 1 aromatic carbocycles. The number of methoxy groups -OCH3 is 1. The van der Waals surface area contributed by atoms with Gasteiger partial charge in [-0.2, -0.15) is 0 Å². The minimum Gasteiger partial charge on any atom is -0.497 e. The van der Waals surface area contributed by atoms with Crippen LogP contribution in [0.5, 0.6) is 5.75 Å². The van der Waals surface area contributed by atoms with E-state index in [1.54, 1.807) is 7.11 Å². The predicted octanol–water partition coefficient (Wildman–Crippen LogP) is 3.52. The number of ether oxygens (including phenoxy) is 1. The molecule has 3 heteroatoms. The fraction of sp³-hybridized carbons (Fsp3) is 0.154. The van der Waals surface area contributed by atoms with E-state index < -0.39 is 0 Å². The third kappa shape index (κ3) is 2.14. The van der Waals surface area contributed by atoms with Crippen LogP contribution in [0.4, 0.5) is 0 Å². The van der Waals surface area contributed by atoms with E-state index in [4.69, 9.17) is 17.0 Å². The van der Waals surface area contributed by atoms with Gasteiger partial charge in [0.2, 0.25) is 0 Å². The molecule has 1 heterocycles. The van der Waals surface area contributed by atoms with Gasteiger partial charge in [0.1, 0.15) is 10.4 Å². The number of nitrogens with zero attached hydrogens (tertiary/aromatic N) is 1. The highest BCUT2D eigenvalue weighted by Crippen LogP contribution is 2.15. The molecule has 0 unspecified atom stereocenters. The summed E-state index contributed by atoms with van der Waals surface area (Å²) in [6.45, 7) is 2.05. The lowest BCUT2D eigenvalue weighted by Gasteiger charge is -2.08. The average molecular weight is 231 g/mol. The van der Waals surface area contributed by atoms with Crippen LogP contribution in [-0.4, -0.2) is 11.7 Å². The summed E-state index contributed by atoms with van der Waals surface area (Å²) >= 11 is 5.29. The van der Waals surface area contributed by atoms with E-state index in [-0.39, 0.29) is 0 Å². The molecule has 0 aliphatic rings. The maximum atomic E-state index is 5.29. The second-order valence-electron chi connectivity index (χ2n) is 3.61. The Morgan fingerprint density at radius 3 is 2.38 bits per heavy atom. The second-order valence-corrected chi connectivity index (χ2v) is 4.03. The Morgan fingerprint density at radius 2 is 1.75 bits per heavy atom. The number of aromatic nitrogens is 1. The first-order valence-electron chi connectivity index (χ1n) is 5.04. The van der Waals surface area contributed by atoms with Crippen LogP contribution in [0.2, 0.25) is 0 Å². The predicted molar refractivity (Wildman–Crippen MR) is 67.9 cm³/mol. The molecule has 1 aromatic heterocycles. The van der Waals surface area contributed by atoms with E-state index in [0.29, 0.717) is 0 Å². The lowest BCUT2D eigenvalue weighted by Crippen LogP contribution is -1.97. The number of rotatable bonds is 2. The topological polar surface area (TPSA) is 14.2 Å². The fourth-order valence-electron chi connectivity index (χ4n) is 1.54. The van der Waals surface area contributed by atoms with Gasteiger partial charge in [-0.1, -0.05) is 18.3 Å². The van der Waals surface area contributed by atoms with Crippen molar-refractivity contribution in [2.24, 2.45) is 0 Å². The van der Waals surface area contributed by atoms with Crippen LogP contribution >= 0.6 is 12.2 Å². The summed E-state index contributed by atoms with van der Waals surface area (Å²) in [7, 11) is 1.66. The van der Waals surface area contributed by atoms with Crippen molar-refractivity contribution in [2.75, 3.05) is 7.11 Å². The molecule has 2 aromatic rings. The van der Waals surface area contributed by atoms with Gasteiger partial charge in [-0.3, -0.25) is 0 Å². The lowest BCUT2D eigenvalue weighted by atomic mass is 10.2. The molecule has 0 amide bonds. The molecule has 0 spiro atoms. The molecule has 0 fully saturated rings. The van der Waals surface area contributed by atoms with Gasteiger partial charge in [0.25, 0.3) is 0 Å². The SMILES string of the molecule is COc1ccc(-n2cc(C)ccc2=S)cc1. The number of pyridine rings is 1. The summed E-state index contributed by atoms with van der Waals surface area (Å²) in [5, 5.41) is 0. The van der Waals surface area contributed by atoms with Crippen molar-refractivity contribution < 1.29 is 4.74 Å². The van der Waals surface area contributed by atoms with Gasteiger partial charge < -0.3 is 9.30 Å². The van der Waals surface area contributed by atoms with Gasteiger partial charge >= 0.3 is 0 Å². The van der Waals surface area contributed by atoms with Crippen molar-refractivity contribution >= 4 is 12.2 Å². The first-order chi connectivity index (χ1) is 7.70. The maximum absolute atomic E-state index is 5.29. The Hall–Kier alpha value is -1.61. The summed E-state index contributed by atoms with van der Waals surface area (Å²) in [4.78, 5) is 0. The molecule has 0 N–H and O–H groups in total. The zero-order valence-electron chi connectivity index (χ0n) is 9.31. The summed E-state index contributed by atoms with van der Waals surface area (Å²) < 4.78 is 7.92. The Balaban J connectivity index is 2.50. The highest BCUT2D eigenvalue weighted by atomic mass is 32.1. The number of aryl methyl sites for hydroxylation is 1. The van der Waals surface area contributed by atoms with Crippen LogP contribution in [-0.2, 0) is 0 Å². The molecule has 0 aliphatic heterocycles. The van der Waals surface area contributed by atoms with E-state index >= 15 is 0 Å². The maximum Gasteiger partial charge on any atom is 0.119 e. The van der Waals surface area contributed by atoms with Gasteiger partial charge in [-0.15, -0.1) is 0 Å². The standard InChI is InChI=1S/C13H13NOS/c1-10-3-8-13(16)14(9-10)11-4-6-12(15-2)7-5-11/h3-9H,1-2H3. The normalized spacial score (nSPS) is 10.1. The van der Waals surface area contributed by atoms with Crippen LogP contribution in [0.25, 0.3) is 5.69 Å². The Bertz CT molecular complexity index is 543. The van der Waals surface area contributed by atoms with Crippen molar-refractivity contribution in [1.82, 2.24) is 4.57 Å². The van der Waals surface area contributed by atoms with Crippen LogP contribution < -0.4 is 4.74 Å². The summed E-state index contributed by atoms with van der Waals surface area (Å²) in [5.41, 5.74) is 2.24. The summed E-state index contributed by atoms with van der Waals surface area (Å²) in [6, 6.07) is 11.8. The minimum absolute atomic E-state index is 0.802. The van der Waals surface area contributed by atoms with Crippen molar-refractivity contribution in [3.05, 3.63) is 52.8 Å². The van der Waals surface area contributed by atoms with Crippen molar-refractivity contribution in [1.29, 1.82) is 0 Å². The van der Waals surface area contributed by atoms with Crippen LogP contribution in [0, 0.1) is 11.6 Å². The molecule has 82 valence electrons. The third-order valence-electron chi connectivity index (χ3n) is 2.41. The molecule has 2 rings (SSSR count). The quantitative estimate of drug-likeness (QED) is 0.734. The smallest absolute Gasteiger partial charge is 0.119 e. The molecule has 16 heavy (non-hydrogen) atoms. The van der Waals surface area contributed by atoms with Crippen molar-refractivity contribution in [3.63, 3.8) is 0 Å². The molecule has 0 saturated heterocycles. The van der Waals surface area contributed by atoms with E-state index in [0.717, 1.165) is 16.1 Å². The van der Waals surface area contributed by atoms with Gasteiger partial charge in [0.15, 0.2) is 0 Å². The Kier molecular flexibility index (Phi) is 3.06. The summed E-state index contributed by atoms with van der Waals surface area (Å²) in [6.07, 6.45) is 2.03. The molecule has 0 saturated carbocycles. The minimum atomic E-state index is 0.802. The van der Waals surface area contributed by atoms with Crippen LogP contribution in [0.1, 0.15) is 5.56 Å². The van der Waals surface area contributed by atoms with Gasteiger partial charge in [0.05, 0.1) is 7.11 Å². The van der Waals surface area contributed by atoms with Gasteiger partial charge in [-0.05, 0) is 42.8 Å². The molecule has 0 aliphatic carbocycles. The van der Waals surface area contributed by atoms with Crippen molar-refractivity contribution in [2.45, 2.75) is 6.92 Å². The van der Waals surface area contributed by atoms with Gasteiger partial charge in [-0.25, -0.2) is 0 Å². The average Bonchev–Trinajstić information content (AvgIpc) is 2.32. The zero-order valence-corrected chi connectivity index (χ0v) is 10.1. The van der Waals surface area contributed by atoms with E-state index in [1.165, 1.54) is 5.56 Å². The number of benzene rings is 1. The largest absolute Gasteiger partial charge is 0.497 e. The first kappa shape index (κ1) is 10.9. The molecule has 0 radical (unpaired) electrons. The van der Waals surface area contributed by atoms with Crippen LogP contribution in [0.3, 0.4) is 0 Å². The molecule has 2 nitrogen and oxygen atoms in total. The first-order valence-corrected chi connectivity index (χ1v) is 5.45. The monoisotopic (exact) mass is 231 g/mol. The number of hydrogen-bond acceptors (Lipinski definition) is 2. The molecule has 0 atom stereocenters. The Morgan fingerprint density at radius 1 is 1.06 bits per heavy atom. The van der Waals surface area contributed by atoms with Crippen molar-refractivity contribution in [3.8, 4) is 11.4 Å². The third-order valence-corrected chi connectivity index (χ3v) is 2.74. The fourth-order valence-corrected chi connectivity index (χ4v) is 1.76. The zero-order chi connectivity index (χ0) is 11.5. The highest BCUT2D eigenvalue weighted by Gasteiger charge is 1.98.